The summed E-state index contributed by atoms with van der Waals surface area (Å²) >= 11 is 1.90. The highest BCUT2D eigenvalue weighted by Crippen LogP contribution is 2.35. The molecule has 66 valence electrons. The van der Waals surface area contributed by atoms with Gasteiger partial charge in [-0.3, -0.25) is 0 Å². The van der Waals surface area contributed by atoms with Gasteiger partial charge >= 0.3 is 0 Å². The molecule has 0 aliphatic heterocycles. The number of thiazole rings is 1. The van der Waals surface area contributed by atoms with E-state index < -0.39 is 0 Å². The molecule has 0 spiro atoms. The molecule has 1 aromatic rings. The molecule has 0 N–H and O–H groups in total. The Kier molecular flexibility index (Phi) is 2.18. The predicted molar refractivity (Wildman–Crippen MR) is 52.8 cm³/mol. The van der Waals surface area contributed by atoms with E-state index >= 15 is 0 Å². The van der Waals surface area contributed by atoms with Crippen molar-refractivity contribution in [1.29, 1.82) is 0 Å². The maximum atomic E-state index is 4.62. The Morgan fingerprint density at radius 3 is 3.17 bits per heavy atom. The maximum absolute atomic E-state index is 4.62. The van der Waals surface area contributed by atoms with E-state index in [-0.39, 0.29) is 0 Å². The van der Waals surface area contributed by atoms with Crippen molar-refractivity contribution in [2.24, 2.45) is 0 Å². The van der Waals surface area contributed by atoms with Crippen LogP contribution in [0.1, 0.15) is 47.7 Å². The molecule has 0 fully saturated rings. The second-order valence-electron chi connectivity index (χ2n) is 3.54. The molecule has 0 bridgehead atoms. The third kappa shape index (κ3) is 1.28. The van der Waals surface area contributed by atoms with Crippen LogP contribution in [0, 0.1) is 6.92 Å². The van der Waals surface area contributed by atoms with Crippen LogP contribution in [0.25, 0.3) is 0 Å². The molecule has 1 aliphatic carbocycles. The highest BCUT2D eigenvalue weighted by molar-refractivity contribution is 7.11. The Labute approximate surface area is 77.8 Å². The first-order chi connectivity index (χ1) is 5.81. The Balaban J connectivity index is 2.36. The van der Waals surface area contributed by atoms with E-state index in [1.165, 1.54) is 36.4 Å². The standard InChI is InChI=1S/C10H15NS/c1-3-8-5-4-6-9-10(8)11-7(2)12-9/h8H,3-6H2,1-2H3. The molecule has 1 aliphatic rings. The topological polar surface area (TPSA) is 12.9 Å². The summed E-state index contributed by atoms with van der Waals surface area (Å²) in [6.07, 6.45) is 5.26. The number of aromatic nitrogens is 1. The number of rotatable bonds is 1. The molecule has 1 heterocycles. The average molecular weight is 181 g/mol. The summed E-state index contributed by atoms with van der Waals surface area (Å²) in [5.74, 6) is 0.763. The van der Waals surface area contributed by atoms with Crippen molar-refractivity contribution < 1.29 is 0 Å². The van der Waals surface area contributed by atoms with Crippen LogP contribution in [0.2, 0.25) is 0 Å². The lowest BCUT2D eigenvalue weighted by atomic mass is 9.89. The molecule has 0 radical (unpaired) electrons. The lowest BCUT2D eigenvalue weighted by molar-refractivity contribution is 0.532. The van der Waals surface area contributed by atoms with Crippen molar-refractivity contribution in [3.05, 3.63) is 15.6 Å². The monoisotopic (exact) mass is 181 g/mol. The first-order valence-corrected chi connectivity index (χ1v) is 5.59. The largest absolute Gasteiger partial charge is 0.246 e. The van der Waals surface area contributed by atoms with E-state index in [1.54, 1.807) is 4.88 Å². The summed E-state index contributed by atoms with van der Waals surface area (Å²) in [4.78, 5) is 6.18. The van der Waals surface area contributed by atoms with Crippen LogP contribution < -0.4 is 0 Å². The molecule has 2 heteroatoms. The van der Waals surface area contributed by atoms with Crippen molar-refractivity contribution in [3.8, 4) is 0 Å². The SMILES string of the molecule is CCC1CCCc2sc(C)nc21. The van der Waals surface area contributed by atoms with Gasteiger partial charge in [-0.15, -0.1) is 11.3 Å². The van der Waals surface area contributed by atoms with Crippen LogP contribution in [0.5, 0.6) is 0 Å². The maximum Gasteiger partial charge on any atom is 0.0900 e. The summed E-state index contributed by atoms with van der Waals surface area (Å²) in [7, 11) is 0. The zero-order valence-electron chi connectivity index (χ0n) is 7.76. The molecule has 0 saturated heterocycles. The van der Waals surface area contributed by atoms with Crippen LogP contribution in [0.3, 0.4) is 0 Å². The van der Waals surface area contributed by atoms with E-state index in [4.69, 9.17) is 0 Å². The third-order valence-corrected chi connectivity index (χ3v) is 3.72. The normalized spacial score (nSPS) is 22.3. The smallest absolute Gasteiger partial charge is 0.0900 e. The molecule has 0 amide bonds. The second-order valence-corrected chi connectivity index (χ2v) is 4.83. The van der Waals surface area contributed by atoms with Crippen LogP contribution >= 0.6 is 11.3 Å². The summed E-state index contributed by atoms with van der Waals surface area (Å²) in [5, 5.41) is 1.25. The summed E-state index contributed by atoms with van der Waals surface area (Å²) in [5.41, 5.74) is 1.42. The molecule has 2 rings (SSSR count). The van der Waals surface area contributed by atoms with E-state index in [1.807, 2.05) is 11.3 Å². The fourth-order valence-corrected chi connectivity index (χ4v) is 3.09. The van der Waals surface area contributed by atoms with Gasteiger partial charge in [0, 0.05) is 10.8 Å². The first-order valence-electron chi connectivity index (χ1n) is 4.77. The van der Waals surface area contributed by atoms with Gasteiger partial charge in [0.1, 0.15) is 0 Å². The number of hydrogen-bond acceptors (Lipinski definition) is 2. The summed E-state index contributed by atoms with van der Waals surface area (Å²) < 4.78 is 0. The van der Waals surface area contributed by atoms with E-state index in [0.29, 0.717) is 0 Å². The lowest BCUT2D eigenvalue weighted by Gasteiger charge is -2.18. The van der Waals surface area contributed by atoms with Gasteiger partial charge in [-0.25, -0.2) is 4.98 Å². The third-order valence-electron chi connectivity index (χ3n) is 2.67. The van der Waals surface area contributed by atoms with Gasteiger partial charge in [0.25, 0.3) is 0 Å². The van der Waals surface area contributed by atoms with Gasteiger partial charge in [-0.05, 0) is 32.6 Å². The molecular weight excluding hydrogens is 166 g/mol. The average Bonchev–Trinajstić information content (AvgIpc) is 2.44. The number of fused-ring (bicyclic) bond motifs is 1. The van der Waals surface area contributed by atoms with Crippen LogP contribution in [-0.4, -0.2) is 4.98 Å². The van der Waals surface area contributed by atoms with Crippen LogP contribution in [0.4, 0.5) is 0 Å². The quantitative estimate of drug-likeness (QED) is 0.648. The van der Waals surface area contributed by atoms with Crippen LogP contribution in [0.15, 0.2) is 0 Å². The van der Waals surface area contributed by atoms with Gasteiger partial charge < -0.3 is 0 Å². The molecule has 1 aromatic heterocycles. The highest BCUT2D eigenvalue weighted by atomic mass is 32.1. The predicted octanol–water partition coefficient (Wildman–Crippen LogP) is 3.28. The molecule has 1 unspecified atom stereocenters. The van der Waals surface area contributed by atoms with Gasteiger partial charge in [-0.1, -0.05) is 6.92 Å². The van der Waals surface area contributed by atoms with Crippen LogP contribution in [-0.2, 0) is 6.42 Å². The van der Waals surface area contributed by atoms with Gasteiger partial charge in [0.2, 0.25) is 0 Å². The fourth-order valence-electron chi connectivity index (χ4n) is 2.03. The minimum absolute atomic E-state index is 0.763. The lowest BCUT2D eigenvalue weighted by Crippen LogP contribution is -2.07. The summed E-state index contributed by atoms with van der Waals surface area (Å²) in [6.45, 7) is 4.39. The minimum atomic E-state index is 0.763. The van der Waals surface area contributed by atoms with Crippen molar-refractivity contribution >= 4 is 11.3 Å². The van der Waals surface area contributed by atoms with Crippen molar-refractivity contribution in [2.45, 2.75) is 45.4 Å². The number of nitrogens with zero attached hydrogens (tertiary/aromatic N) is 1. The van der Waals surface area contributed by atoms with E-state index in [2.05, 4.69) is 18.8 Å². The summed E-state index contributed by atoms with van der Waals surface area (Å²) in [6, 6.07) is 0. The molecular formula is C10H15NS. The zero-order chi connectivity index (χ0) is 8.55. The number of aryl methyl sites for hydroxylation is 2. The first kappa shape index (κ1) is 8.24. The van der Waals surface area contributed by atoms with E-state index in [9.17, 15) is 0 Å². The van der Waals surface area contributed by atoms with Crippen molar-refractivity contribution in [1.82, 2.24) is 4.98 Å². The Morgan fingerprint density at radius 1 is 1.58 bits per heavy atom. The second kappa shape index (κ2) is 3.17. The molecule has 1 nitrogen and oxygen atoms in total. The molecule has 0 saturated carbocycles. The fraction of sp³-hybridized carbons (Fsp3) is 0.700. The highest BCUT2D eigenvalue weighted by Gasteiger charge is 2.21. The van der Waals surface area contributed by atoms with Gasteiger partial charge in [0.05, 0.1) is 10.7 Å². The van der Waals surface area contributed by atoms with Crippen molar-refractivity contribution in [2.75, 3.05) is 0 Å². The number of hydrogen-bond donors (Lipinski definition) is 0. The Hall–Kier alpha value is -0.370. The Bertz CT molecular complexity index is 277. The van der Waals surface area contributed by atoms with Gasteiger partial charge in [-0.2, -0.15) is 0 Å². The minimum Gasteiger partial charge on any atom is -0.246 e. The van der Waals surface area contributed by atoms with E-state index in [0.717, 1.165) is 5.92 Å². The van der Waals surface area contributed by atoms with Gasteiger partial charge in [0.15, 0.2) is 0 Å². The van der Waals surface area contributed by atoms with Crippen molar-refractivity contribution in [3.63, 3.8) is 0 Å². The molecule has 0 aromatic carbocycles. The Morgan fingerprint density at radius 2 is 2.42 bits per heavy atom. The molecule has 1 atom stereocenters. The molecule has 12 heavy (non-hydrogen) atoms. The zero-order valence-corrected chi connectivity index (χ0v) is 8.58.